The van der Waals surface area contributed by atoms with Crippen molar-refractivity contribution in [2.75, 3.05) is 0 Å². The number of ketones is 1. The van der Waals surface area contributed by atoms with Crippen LogP contribution in [-0.2, 0) is 9.59 Å². The highest BCUT2D eigenvalue weighted by Crippen LogP contribution is 2.18. The zero-order chi connectivity index (χ0) is 19.8. The van der Waals surface area contributed by atoms with Gasteiger partial charge in [-0.05, 0) is 13.3 Å². The summed E-state index contributed by atoms with van der Waals surface area (Å²) < 4.78 is 0. The lowest BCUT2D eigenvalue weighted by atomic mass is 9.86. The predicted octanol–water partition coefficient (Wildman–Crippen LogP) is 5.87. The Bertz CT molecular complexity index is 380. The largest absolute Gasteiger partial charge is 0.480 e. The summed E-state index contributed by atoms with van der Waals surface area (Å²) in [7, 11) is 0. The van der Waals surface area contributed by atoms with Gasteiger partial charge in [-0.2, -0.15) is 0 Å². The molecule has 0 amide bonds. The number of aliphatic carboxylic acids is 1. The molecule has 0 heterocycles. The molecule has 2 unspecified atom stereocenters. The van der Waals surface area contributed by atoms with Gasteiger partial charge in [0, 0.05) is 5.92 Å². The van der Waals surface area contributed by atoms with E-state index in [2.05, 4.69) is 6.92 Å². The van der Waals surface area contributed by atoms with Crippen molar-refractivity contribution in [1.82, 2.24) is 0 Å². The summed E-state index contributed by atoms with van der Waals surface area (Å²) in [6.07, 6.45) is 19.0. The summed E-state index contributed by atoms with van der Waals surface area (Å²) in [5, 5.41) is 9.01. The monoisotopic (exact) mass is 369 g/mol. The molecule has 0 aliphatic carbocycles. The van der Waals surface area contributed by atoms with Crippen LogP contribution < -0.4 is 5.73 Å². The molecule has 0 bridgehead atoms. The number of unbranched alkanes of at least 4 members (excludes halogenated alkanes) is 13. The van der Waals surface area contributed by atoms with E-state index < -0.39 is 11.5 Å². The minimum atomic E-state index is -1.75. The van der Waals surface area contributed by atoms with Gasteiger partial charge in [0.05, 0.1) is 0 Å². The number of carboxylic acids is 1. The molecule has 26 heavy (non-hydrogen) atoms. The minimum Gasteiger partial charge on any atom is -0.480 e. The molecule has 4 heteroatoms. The average molecular weight is 370 g/mol. The van der Waals surface area contributed by atoms with Crippen LogP contribution in [0, 0.1) is 5.92 Å². The third kappa shape index (κ3) is 11.7. The maximum Gasteiger partial charge on any atom is 0.331 e. The van der Waals surface area contributed by atoms with E-state index in [1.807, 2.05) is 0 Å². The second kappa shape index (κ2) is 15.2. The van der Waals surface area contributed by atoms with Crippen molar-refractivity contribution in [3.8, 4) is 0 Å². The molecule has 0 aliphatic rings. The summed E-state index contributed by atoms with van der Waals surface area (Å²) >= 11 is 0. The molecule has 4 nitrogen and oxygen atoms in total. The lowest BCUT2D eigenvalue weighted by molar-refractivity contribution is -0.148. The number of carbonyl (C=O) groups is 2. The van der Waals surface area contributed by atoms with Crippen LogP contribution in [0.5, 0.6) is 0 Å². The maximum atomic E-state index is 12.1. The standard InChI is InChI=1S/C22H43NO3/c1-4-5-6-7-8-9-10-11-12-13-14-15-16-17-18-19(2)20(24)22(3,23)21(25)26/h19H,4-18,23H2,1-3H3,(H,25,26). The molecule has 0 saturated heterocycles. The average Bonchev–Trinajstić information content (AvgIpc) is 2.60. The Kier molecular flexibility index (Phi) is 14.7. The minimum absolute atomic E-state index is 0.279. The Balaban J connectivity index is 3.46. The Labute approximate surface area is 161 Å². The number of hydrogen-bond acceptors (Lipinski definition) is 3. The zero-order valence-electron chi connectivity index (χ0n) is 17.5. The highest BCUT2D eigenvalue weighted by molar-refractivity contribution is 6.07. The van der Waals surface area contributed by atoms with Crippen molar-refractivity contribution in [3.05, 3.63) is 0 Å². The van der Waals surface area contributed by atoms with Crippen LogP contribution in [0.25, 0.3) is 0 Å². The molecule has 0 rings (SSSR count). The lowest BCUT2D eigenvalue weighted by Crippen LogP contribution is -2.54. The molecule has 2 atom stereocenters. The first-order chi connectivity index (χ1) is 12.3. The lowest BCUT2D eigenvalue weighted by Gasteiger charge is -2.21. The third-order valence-corrected chi connectivity index (χ3v) is 5.39. The molecule has 0 aromatic heterocycles. The number of carboxylic acid groups (broad SMARTS) is 1. The fraction of sp³-hybridized carbons (Fsp3) is 0.909. The summed E-state index contributed by atoms with van der Waals surface area (Å²) in [6.45, 7) is 5.34. The van der Waals surface area contributed by atoms with Crippen LogP contribution in [0.15, 0.2) is 0 Å². The number of nitrogens with two attached hydrogens (primary N) is 1. The van der Waals surface area contributed by atoms with Crippen molar-refractivity contribution < 1.29 is 14.7 Å². The van der Waals surface area contributed by atoms with Crippen LogP contribution in [-0.4, -0.2) is 22.4 Å². The summed E-state index contributed by atoms with van der Waals surface area (Å²) in [6, 6.07) is 0. The van der Waals surface area contributed by atoms with Gasteiger partial charge in [-0.15, -0.1) is 0 Å². The fourth-order valence-electron chi connectivity index (χ4n) is 3.39. The van der Waals surface area contributed by atoms with Gasteiger partial charge in [-0.25, -0.2) is 4.79 Å². The molecule has 0 aromatic carbocycles. The van der Waals surface area contributed by atoms with Gasteiger partial charge in [0.25, 0.3) is 0 Å². The highest BCUT2D eigenvalue weighted by Gasteiger charge is 2.38. The molecule has 0 saturated carbocycles. The van der Waals surface area contributed by atoms with Crippen molar-refractivity contribution in [3.63, 3.8) is 0 Å². The molecule has 0 aliphatic heterocycles. The first-order valence-electron chi connectivity index (χ1n) is 10.9. The molecule has 154 valence electrons. The molecule has 0 aromatic rings. The first kappa shape index (κ1) is 25.1. The van der Waals surface area contributed by atoms with Crippen LogP contribution >= 0.6 is 0 Å². The Morgan fingerprint density at radius 1 is 0.808 bits per heavy atom. The van der Waals surface area contributed by atoms with Crippen molar-refractivity contribution in [1.29, 1.82) is 0 Å². The maximum absolute atomic E-state index is 12.1. The van der Waals surface area contributed by atoms with E-state index in [0.717, 1.165) is 19.3 Å². The second-order valence-corrected chi connectivity index (χ2v) is 8.16. The summed E-state index contributed by atoms with van der Waals surface area (Å²) in [5.74, 6) is -1.88. The smallest absolute Gasteiger partial charge is 0.331 e. The van der Waals surface area contributed by atoms with E-state index in [1.54, 1.807) is 6.92 Å². The van der Waals surface area contributed by atoms with Crippen molar-refractivity contribution in [2.24, 2.45) is 11.7 Å². The van der Waals surface area contributed by atoms with Gasteiger partial charge < -0.3 is 10.8 Å². The SMILES string of the molecule is CCCCCCCCCCCCCCCCC(C)C(=O)C(C)(N)C(=O)O. The Morgan fingerprint density at radius 3 is 1.50 bits per heavy atom. The summed E-state index contributed by atoms with van der Waals surface area (Å²) in [5.41, 5.74) is 3.85. The van der Waals surface area contributed by atoms with Crippen LogP contribution in [0.1, 0.15) is 117 Å². The van der Waals surface area contributed by atoms with E-state index >= 15 is 0 Å². The zero-order valence-corrected chi connectivity index (χ0v) is 17.5. The number of rotatable bonds is 18. The fourth-order valence-corrected chi connectivity index (χ4v) is 3.39. The Hall–Kier alpha value is -0.900. The topological polar surface area (TPSA) is 80.4 Å². The predicted molar refractivity (Wildman–Crippen MR) is 109 cm³/mol. The quantitative estimate of drug-likeness (QED) is 0.234. The van der Waals surface area contributed by atoms with E-state index in [0.29, 0.717) is 0 Å². The Morgan fingerprint density at radius 2 is 1.15 bits per heavy atom. The van der Waals surface area contributed by atoms with E-state index in [9.17, 15) is 9.59 Å². The molecular weight excluding hydrogens is 326 g/mol. The highest BCUT2D eigenvalue weighted by atomic mass is 16.4. The number of Topliss-reactive ketones (excluding diaryl/α,β-unsaturated/α-hetero) is 1. The number of carbonyl (C=O) groups excluding carboxylic acids is 1. The first-order valence-corrected chi connectivity index (χ1v) is 10.9. The molecule has 0 radical (unpaired) electrons. The summed E-state index contributed by atoms with van der Waals surface area (Å²) in [4.78, 5) is 23.1. The number of hydrogen-bond donors (Lipinski definition) is 2. The van der Waals surface area contributed by atoms with Gasteiger partial charge in [-0.1, -0.05) is 104 Å². The normalized spacial score (nSPS) is 14.8. The van der Waals surface area contributed by atoms with Crippen LogP contribution in [0.2, 0.25) is 0 Å². The molecular formula is C22H43NO3. The van der Waals surface area contributed by atoms with Gasteiger partial charge in [-0.3, -0.25) is 4.79 Å². The third-order valence-electron chi connectivity index (χ3n) is 5.39. The molecule has 0 spiro atoms. The van der Waals surface area contributed by atoms with Crippen molar-refractivity contribution in [2.45, 2.75) is 123 Å². The van der Waals surface area contributed by atoms with E-state index in [4.69, 9.17) is 10.8 Å². The second-order valence-electron chi connectivity index (χ2n) is 8.16. The van der Waals surface area contributed by atoms with Gasteiger partial charge >= 0.3 is 5.97 Å². The van der Waals surface area contributed by atoms with E-state index in [-0.39, 0.29) is 11.7 Å². The van der Waals surface area contributed by atoms with Crippen molar-refractivity contribution >= 4 is 11.8 Å². The van der Waals surface area contributed by atoms with Crippen LogP contribution in [0.4, 0.5) is 0 Å². The molecule has 0 fully saturated rings. The van der Waals surface area contributed by atoms with Gasteiger partial charge in [0.1, 0.15) is 0 Å². The van der Waals surface area contributed by atoms with E-state index in [1.165, 1.54) is 84.0 Å². The van der Waals surface area contributed by atoms with Gasteiger partial charge in [0.15, 0.2) is 11.3 Å². The van der Waals surface area contributed by atoms with Crippen LogP contribution in [0.3, 0.4) is 0 Å². The molecule has 3 N–H and O–H groups in total. The van der Waals surface area contributed by atoms with Gasteiger partial charge in [0.2, 0.25) is 0 Å².